The minimum absolute atomic E-state index is 0.540. The van der Waals surface area contributed by atoms with Crippen molar-refractivity contribution in [2.24, 2.45) is 11.8 Å². The van der Waals surface area contributed by atoms with E-state index in [9.17, 15) is 0 Å². The Morgan fingerprint density at radius 2 is 2.19 bits per heavy atom. The molecule has 3 heteroatoms. The highest BCUT2D eigenvalue weighted by Gasteiger charge is 2.32. The Balaban J connectivity index is 1.90. The molecule has 0 bridgehead atoms. The van der Waals surface area contributed by atoms with Crippen molar-refractivity contribution in [1.82, 2.24) is 10.3 Å². The molecule has 0 aliphatic heterocycles. The van der Waals surface area contributed by atoms with Gasteiger partial charge >= 0.3 is 0 Å². The molecule has 0 spiro atoms. The third kappa shape index (κ3) is 2.85. The summed E-state index contributed by atoms with van der Waals surface area (Å²) in [6.07, 6.45) is 4.28. The lowest BCUT2D eigenvalue weighted by molar-refractivity contribution is 0.442. The van der Waals surface area contributed by atoms with Crippen molar-refractivity contribution in [3.8, 4) is 0 Å². The number of aromatic nitrogens is 1. The van der Waals surface area contributed by atoms with E-state index in [-0.39, 0.29) is 0 Å². The van der Waals surface area contributed by atoms with Gasteiger partial charge in [0.25, 0.3) is 0 Å². The number of nitrogens with one attached hydrogen (secondary N) is 1. The molecule has 0 saturated heterocycles. The highest BCUT2D eigenvalue weighted by molar-refractivity contribution is 5.14. The van der Waals surface area contributed by atoms with Gasteiger partial charge in [-0.25, -0.2) is 4.98 Å². The van der Waals surface area contributed by atoms with Gasteiger partial charge in [0.1, 0.15) is 5.76 Å². The van der Waals surface area contributed by atoms with E-state index < -0.39 is 0 Å². The molecular weight excluding hydrogens is 200 g/mol. The highest BCUT2D eigenvalue weighted by atomic mass is 16.3. The van der Waals surface area contributed by atoms with Crippen LogP contribution in [0.5, 0.6) is 0 Å². The third-order valence-corrected chi connectivity index (χ3v) is 3.26. The van der Waals surface area contributed by atoms with Gasteiger partial charge in [0.15, 0.2) is 6.39 Å². The van der Waals surface area contributed by atoms with Crippen LogP contribution >= 0.6 is 0 Å². The summed E-state index contributed by atoms with van der Waals surface area (Å²) in [5.41, 5.74) is 1.10. The van der Waals surface area contributed by atoms with Crippen LogP contribution in [0.4, 0.5) is 0 Å². The van der Waals surface area contributed by atoms with Gasteiger partial charge in [-0.15, -0.1) is 0 Å². The standard InChI is InChI=1S/C13H22N2O/c1-9(2)6-14-7-12-13(16-8-15-12)10(3)11-4-5-11/h8-11,14H,4-7H2,1-3H3. The molecule has 1 aromatic rings. The lowest BCUT2D eigenvalue weighted by atomic mass is 10.0. The Morgan fingerprint density at radius 1 is 1.44 bits per heavy atom. The predicted octanol–water partition coefficient (Wildman–Crippen LogP) is 2.93. The fourth-order valence-electron chi connectivity index (χ4n) is 2.07. The van der Waals surface area contributed by atoms with Crippen LogP contribution in [0.2, 0.25) is 0 Å². The molecular formula is C13H22N2O. The topological polar surface area (TPSA) is 38.1 Å². The molecule has 90 valence electrons. The van der Waals surface area contributed by atoms with Crippen molar-refractivity contribution in [1.29, 1.82) is 0 Å². The summed E-state index contributed by atoms with van der Waals surface area (Å²) in [5, 5.41) is 3.42. The minimum Gasteiger partial charge on any atom is -0.448 e. The lowest BCUT2D eigenvalue weighted by Crippen LogP contribution is -2.20. The maximum Gasteiger partial charge on any atom is 0.181 e. The number of hydrogen-bond donors (Lipinski definition) is 1. The van der Waals surface area contributed by atoms with Gasteiger partial charge in [0, 0.05) is 12.5 Å². The Morgan fingerprint density at radius 3 is 2.81 bits per heavy atom. The fraction of sp³-hybridized carbons (Fsp3) is 0.769. The normalized spacial score (nSPS) is 18.0. The third-order valence-electron chi connectivity index (χ3n) is 3.26. The van der Waals surface area contributed by atoms with Crippen LogP contribution in [0.15, 0.2) is 10.8 Å². The average Bonchev–Trinajstić information content (AvgIpc) is 2.98. The van der Waals surface area contributed by atoms with Gasteiger partial charge in [-0.3, -0.25) is 0 Å². The quantitative estimate of drug-likeness (QED) is 0.804. The molecule has 1 atom stereocenters. The van der Waals surface area contributed by atoms with Gasteiger partial charge in [-0.2, -0.15) is 0 Å². The van der Waals surface area contributed by atoms with E-state index in [0.29, 0.717) is 11.8 Å². The van der Waals surface area contributed by atoms with E-state index in [1.165, 1.54) is 12.8 Å². The van der Waals surface area contributed by atoms with Crippen LogP contribution in [-0.2, 0) is 6.54 Å². The first-order valence-corrected chi connectivity index (χ1v) is 6.31. The molecule has 0 radical (unpaired) electrons. The zero-order chi connectivity index (χ0) is 11.5. The van der Waals surface area contributed by atoms with Gasteiger partial charge in [0.05, 0.1) is 5.69 Å². The van der Waals surface area contributed by atoms with E-state index >= 15 is 0 Å². The van der Waals surface area contributed by atoms with Gasteiger partial charge in [-0.05, 0) is 31.2 Å². The largest absolute Gasteiger partial charge is 0.448 e. The molecule has 0 amide bonds. The molecule has 1 saturated carbocycles. The maximum atomic E-state index is 5.53. The Labute approximate surface area is 97.6 Å². The van der Waals surface area contributed by atoms with Crippen LogP contribution in [-0.4, -0.2) is 11.5 Å². The van der Waals surface area contributed by atoms with Gasteiger partial charge in [0.2, 0.25) is 0 Å². The van der Waals surface area contributed by atoms with Crippen molar-refractivity contribution >= 4 is 0 Å². The molecule has 1 aliphatic rings. The summed E-state index contributed by atoms with van der Waals surface area (Å²) >= 11 is 0. The highest BCUT2D eigenvalue weighted by Crippen LogP contribution is 2.42. The van der Waals surface area contributed by atoms with Crippen molar-refractivity contribution in [3.05, 3.63) is 17.8 Å². The zero-order valence-corrected chi connectivity index (χ0v) is 10.5. The lowest BCUT2D eigenvalue weighted by Gasteiger charge is -2.10. The van der Waals surface area contributed by atoms with Crippen LogP contribution < -0.4 is 5.32 Å². The molecule has 1 aromatic heterocycles. The fourth-order valence-corrected chi connectivity index (χ4v) is 2.07. The molecule has 0 aromatic carbocycles. The molecule has 1 fully saturated rings. The summed E-state index contributed by atoms with van der Waals surface area (Å²) in [6, 6.07) is 0. The molecule has 3 nitrogen and oxygen atoms in total. The molecule has 1 N–H and O–H groups in total. The second kappa shape index (κ2) is 5.00. The van der Waals surface area contributed by atoms with E-state index in [2.05, 4.69) is 31.1 Å². The van der Waals surface area contributed by atoms with Gasteiger partial charge in [-0.1, -0.05) is 20.8 Å². The molecule has 1 aliphatic carbocycles. The van der Waals surface area contributed by atoms with E-state index in [1.54, 1.807) is 6.39 Å². The number of rotatable bonds is 6. The second-order valence-electron chi connectivity index (χ2n) is 5.31. The first-order valence-electron chi connectivity index (χ1n) is 6.31. The summed E-state index contributed by atoms with van der Waals surface area (Å²) in [5.74, 6) is 3.14. The zero-order valence-electron chi connectivity index (χ0n) is 10.5. The van der Waals surface area contributed by atoms with E-state index in [0.717, 1.165) is 30.5 Å². The number of hydrogen-bond acceptors (Lipinski definition) is 3. The van der Waals surface area contributed by atoms with Gasteiger partial charge < -0.3 is 9.73 Å². The summed E-state index contributed by atoms with van der Waals surface area (Å²) in [7, 11) is 0. The molecule has 1 unspecified atom stereocenters. The number of oxazole rings is 1. The smallest absolute Gasteiger partial charge is 0.181 e. The van der Waals surface area contributed by atoms with Crippen molar-refractivity contribution in [2.45, 2.75) is 46.1 Å². The van der Waals surface area contributed by atoms with Crippen LogP contribution in [0.3, 0.4) is 0 Å². The summed E-state index contributed by atoms with van der Waals surface area (Å²) < 4.78 is 5.53. The second-order valence-corrected chi connectivity index (χ2v) is 5.31. The number of nitrogens with zero attached hydrogens (tertiary/aromatic N) is 1. The van der Waals surface area contributed by atoms with E-state index in [1.807, 2.05) is 0 Å². The minimum atomic E-state index is 0.540. The first-order chi connectivity index (χ1) is 7.68. The van der Waals surface area contributed by atoms with Crippen molar-refractivity contribution in [3.63, 3.8) is 0 Å². The molecule has 16 heavy (non-hydrogen) atoms. The Bertz CT molecular complexity index is 328. The Hall–Kier alpha value is -0.830. The SMILES string of the molecule is CC(C)CNCc1ncoc1C(C)C1CC1. The molecule has 2 rings (SSSR count). The summed E-state index contributed by atoms with van der Waals surface area (Å²) in [6.45, 7) is 8.54. The van der Waals surface area contributed by atoms with Crippen LogP contribution in [0, 0.1) is 11.8 Å². The maximum absolute atomic E-state index is 5.53. The Kier molecular flexibility index (Phi) is 3.64. The molecule has 1 heterocycles. The van der Waals surface area contributed by atoms with Crippen molar-refractivity contribution in [2.75, 3.05) is 6.54 Å². The van der Waals surface area contributed by atoms with Crippen LogP contribution in [0.25, 0.3) is 0 Å². The van der Waals surface area contributed by atoms with Crippen LogP contribution in [0.1, 0.15) is 51.0 Å². The first kappa shape index (κ1) is 11.6. The predicted molar refractivity (Wildman–Crippen MR) is 64.2 cm³/mol. The van der Waals surface area contributed by atoms with E-state index in [4.69, 9.17) is 4.42 Å². The van der Waals surface area contributed by atoms with Crippen molar-refractivity contribution < 1.29 is 4.42 Å². The monoisotopic (exact) mass is 222 g/mol. The average molecular weight is 222 g/mol. The summed E-state index contributed by atoms with van der Waals surface area (Å²) in [4.78, 5) is 4.32.